The first kappa shape index (κ1) is 13.5. The van der Waals surface area contributed by atoms with Crippen molar-refractivity contribution >= 4 is 5.91 Å². The van der Waals surface area contributed by atoms with Crippen LogP contribution >= 0.6 is 0 Å². The molecule has 1 atom stereocenters. The first-order valence-electron chi connectivity index (χ1n) is 6.09. The summed E-state index contributed by atoms with van der Waals surface area (Å²) in [6, 6.07) is 0.213. The molecule has 0 aromatic heterocycles. The van der Waals surface area contributed by atoms with E-state index in [2.05, 4.69) is 5.32 Å². The van der Waals surface area contributed by atoms with Crippen molar-refractivity contribution in [3.8, 4) is 0 Å². The Labute approximate surface area is 97.9 Å². The third-order valence-corrected chi connectivity index (χ3v) is 2.91. The highest BCUT2D eigenvalue weighted by Crippen LogP contribution is 2.32. The van der Waals surface area contributed by atoms with Crippen LogP contribution in [0, 0.1) is 5.92 Å². The summed E-state index contributed by atoms with van der Waals surface area (Å²) in [6.07, 6.45) is 3.78. The fraction of sp³-hybridized carbons (Fsp3) is 0.917. The zero-order valence-corrected chi connectivity index (χ0v) is 10.6. The molecule has 0 aromatic rings. The van der Waals surface area contributed by atoms with E-state index in [1.165, 1.54) is 12.8 Å². The van der Waals surface area contributed by atoms with Crippen LogP contribution in [0.1, 0.15) is 40.0 Å². The maximum absolute atomic E-state index is 11.4. The normalized spacial score (nSPS) is 19.8. The summed E-state index contributed by atoms with van der Waals surface area (Å²) in [5.74, 6) is 0.505. The number of primary amides is 1. The van der Waals surface area contributed by atoms with Gasteiger partial charge >= 0.3 is 0 Å². The molecule has 4 heteroatoms. The number of amides is 1. The van der Waals surface area contributed by atoms with E-state index in [1.807, 2.05) is 13.8 Å². The van der Waals surface area contributed by atoms with E-state index >= 15 is 0 Å². The largest absolute Gasteiger partial charge is 0.379 e. The van der Waals surface area contributed by atoms with Crippen molar-refractivity contribution in [3.05, 3.63) is 0 Å². The zero-order valence-electron chi connectivity index (χ0n) is 10.6. The average Bonchev–Trinajstić information content (AvgIpc) is 2.94. The van der Waals surface area contributed by atoms with Crippen molar-refractivity contribution < 1.29 is 9.53 Å². The molecular formula is C12H24N2O2. The Morgan fingerprint density at radius 2 is 2.19 bits per heavy atom. The summed E-state index contributed by atoms with van der Waals surface area (Å²) >= 11 is 0. The van der Waals surface area contributed by atoms with E-state index in [0.717, 1.165) is 18.9 Å². The number of rotatable bonds is 8. The number of nitrogens with one attached hydrogen (secondary N) is 1. The maximum atomic E-state index is 11.4. The minimum atomic E-state index is -0.752. The summed E-state index contributed by atoms with van der Waals surface area (Å²) in [5.41, 5.74) is 4.64. The SMILES string of the molecule is CC(C)NC(C)(COCCC1CC1)C(N)=O. The molecule has 0 aliphatic heterocycles. The second kappa shape index (κ2) is 5.64. The van der Waals surface area contributed by atoms with Gasteiger partial charge in [-0.3, -0.25) is 10.1 Å². The Kier molecular flexibility index (Phi) is 4.74. The number of carbonyl (C=O) groups excluding carboxylic acids is 1. The van der Waals surface area contributed by atoms with Crippen LogP contribution in [0.15, 0.2) is 0 Å². The van der Waals surface area contributed by atoms with E-state index < -0.39 is 5.54 Å². The fourth-order valence-electron chi connectivity index (χ4n) is 1.75. The summed E-state index contributed by atoms with van der Waals surface area (Å²) in [7, 11) is 0. The minimum absolute atomic E-state index is 0.213. The van der Waals surface area contributed by atoms with Gasteiger partial charge in [0.25, 0.3) is 0 Å². The molecule has 1 amide bonds. The molecule has 1 aliphatic rings. The molecule has 0 aromatic carbocycles. The van der Waals surface area contributed by atoms with Crippen LogP contribution in [-0.4, -0.2) is 30.7 Å². The Balaban J connectivity index is 2.27. The third kappa shape index (κ3) is 4.49. The highest BCUT2D eigenvalue weighted by molar-refractivity contribution is 5.84. The van der Waals surface area contributed by atoms with Gasteiger partial charge in [-0.2, -0.15) is 0 Å². The summed E-state index contributed by atoms with van der Waals surface area (Å²) in [4.78, 5) is 11.4. The zero-order chi connectivity index (χ0) is 12.2. The van der Waals surface area contributed by atoms with E-state index in [9.17, 15) is 4.79 Å². The molecule has 1 unspecified atom stereocenters. The van der Waals surface area contributed by atoms with Crippen LogP contribution in [0.5, 0.6) is 0 Å². The molecule has 1 saturated carbocycles. The van der Waals surface area contributed by atoms with E-state index in [0.29, 0.717) is 6.61 Å². The highest BCUT2D eigenvalue weighted by Gasteiger charge is 2.32. The minimum Gasteiger partial charge on any atom is -0.379 e. The van der Waals surface area contributed by atoms with Gasteiger partial charge < -0.3 is 10.5 Å². The number of carbonyl (C=O) groups is 1. The average molecular weight is 228 g/mol. The molecule has 1 fully saturated rings. The highest BCUT2D eigenvalue weighted by atomic mass is 16.5. The number of hydrogen-bond donors (Lipinski definition) is 2. The Hall–Kier alpha value is -0.610. The van der Waals surface area contributed by atoms with Crippen molar-refractivity contribution in [1.29, 1.82) is 0 Å². The van der Waals surface area contributed by atoms with Crippen molar-refractivity contribution in [2.45, 2.75) is 51.6 Å². The topological polar surface area (TPSA) is 64.3 Å². The van der Waals surface area contributed by atoms with Crippen LogP contribution in [0.25, 0.3) is 0 Å². The van der Waals surface area contributed by atoms with Crippen molar-refractivity contribution in [1.82, 2.24) is 5.32 Å². The van der Waals surface area contributed by atoms with E-state index in [-0.39, 0.29) is 11.9 Å². The van der Waals surface area contributed by atoms with Gasteiger partial charge in [0.2, 0.25) is 5.91 Å². The second-order valence-electron chi connectivity index (χ2n) is 5.28. The summed E-state index contributed by atoms with van der Waals surface area (Å²) in [5, 5.41) is 3.16. The smallest absolute Gasteiger partial charge is 0.239 e. The van der Waals surface area contributed by atoms with Gasteiger partial charge in [0.05, 0.1) is 6.61 Å². The predicted molar refractivity (Wildman–Crippen MR) is 64.0 cm³/mol. The lowest BCUT2D eigenvalue weighted by atomic mass is 10.0. The lowest BCUT2D eigenvalue weighted by Crippen LogP contribution is -2.58. The van der Waals surface area contributed by atoms with Gasteiger partial charge in [0, 0.05) is 12.6 Å². The van der Waals surface area contributed by atoms with E-state index in [1.54, 1.807) is 6.92 Å². The number of nitrogens with two attached hydrogens (primary N) is 1. The molecule has 1 aliphatic carbocycles. The quantitative estimate of drug-likeness (QED) is 0.610. The lowest BCUT2D eigenvalue weighted by molar-refractivity contribution is -0.126. The molecule has 94 valence electrons. The molecule has 0 saturated heterocycles. The van der Waals surface area contributed by atoms with Crippen LogP contribution in [0.3, 0.4) is 0 Å². The predicted octanol–water partition coefficient (Wildman–Crippen LogP) is 1.05. The monoisotopic (exact) mass is 228 g/mol. The van der Waals surface area contributed by atoms with Gasteiger partial charge in [0.15, 0.2) is 0 Å². The Bertz CT molecular complexity index is 239. The number of hydrogen-bond acceptors (Lipinski definition) is 3. The van der Waals surface area contributed by atoms with Crippen LogP contribution < -0.4 is 11.1 Å². The second-order valence-corrected chi connectivity index (χ2v) is 5.28. The number of ether oxygens (including phenoxy) is 1. The fourth-order valence-corrected chi connectivity index (χ4v) is 1.75. The molecule has 3 N–H and O–H groups in total. The molecule has 4 nitrogen and oxygen atoms in total. The summed E-state index contributed by atoms with van der Waals surface area (Å²) in [6.45, 7) is 6.86. The van der Waals surface area contributed by atoms with Gasteiger partial charge in [0.1, 0.15) is 5.54 Å². The van der Waals surface area contributed by atoms with Gasteiger partial charge in [-0.05, 0) is 33.1 Å². The maximum Gasteiger partial charge on any atom is 0.239 e. The van der Waals surface area contributed by atoms with Crippen LogP contribution in [0.4, 0.5) is 0 Å². The van der Waals surface area contributed by atoms with Gasteiger partial charge in [-0.1, -0.05) is 12.8 Å². The first-order chi connectivity index (χ1) is 7.44. The molecule has 0 bridgehead atoms. The van der Waals surface area contributed by atoms with Gasteiger partial charge in [-0.15, -0.1) is 0 Å². The molecule has 0 radical (unpaired) electrons. The van der Waals surface area contributed by atoms with Gasteiger partial charge in [-0.25, -0.2) is 0 Å². The molecule has 1 rings (SSSR count). The first-order valence-corrected chi connectivity index (χ1v) is 6.09. The standard InChI is InChI=1S/C12H24N2O2/c1-9(2)14-12(3,11(13)15)8-16-7-6-10-4-5-10/h9-10,14H,4-8H2,1-3H3,(H2,13,15). The Morgan fingerprint density at radius 3 is 2.62 bits per heavy atom. The van der Waals surface area contributed by atoms with Crippen molar-refractivity contribution in [3.63, 3.8) is 0 Å². The van der Waals surface area contributed by atoms with Crippen LogP contribution in [-0.2, 0) is 9.53 Å². The Morgan fingerprint density at radius 1 is 1.56 bits per heavy atom. The van der Waals surface area contributed by atoms with Crippen molar-refractivity contribution in [2.24, 2.45) is 11.7 Å². The lowest BCUT2D eigenvalue weighted by Gasteiger charge is -2.29. The van der Waals surface area contributed by atoms with E-state index in [4.69, 9.17) is 10.5 Å². The van der Waals surface area contributed by atoms with Crippen molar-refractivity contribution in [2.75, 3.05) is 13.2 Å². The molecule has 0 spiro atoms. The third-order valence-electron chi connectivity index (χ3n) is 2.91. The molecule has 16 heavy (non-hydrogen) atoms. The summed E-state index contributed by atoms with van der Waals surface area (Å²) < 4.78 is 5.55. The van der Waals surface area contributed by atoms with Crippen LogP contribution in [0.2, 0.25) is 0 Å². The molecular weight excluding hydrogens is 204 g/mol. The molecule has 0 heterocycles.